The Morgan fingerprint density at radius 2 is 1.38 bits per heavy atom. The Morgan fingerprint density at radius 3 is 2.03 bits per heavy atom. The Kier molecular flexibility index (Phi) is 7.06. The van der Waals surface area contributed by atoms with E-state index >= 15 is 0 Å². The van der Waals surface area contributed by atoms with Crippen LogP contribution in [-0.4, -0.2) is 59.5 Å². The third-order valence-corrected chi connectivity index (χ3v) is 5.73. The largest absolute Gasteiger partial charge is 0.507 e. The number of carbonyl (C=O) groups is 2. The number of phenolic OH excluding ortho intramolecular Hbond substituents is 1. The van der Waals surface area contributed by atoms with E-state index in [-0.39, 0.29) is 54.7 Å². The molecule has 8 heteroatoms. The first-order chi connectivity index (χ1) is 16.4. The van der Waals surface area contributed by atoms with E-state index in [0.29, 0.717) is 6.42 Å². The van der Waals surface area contributed by atoms with Crippen LogP contribution < -0.4 is 4.74 Å². The summed E-state index contributed by atoms with van der Waals surface area (Å²) in [4.78, 5) is 29.1. The molecular formula is C26H24F2N2O4. The van der Waals surface area contributed by atoms with Crippen molar-refractivity contribution in [2.45, 2.75) is 13.0 Å². The lowest BCUT2D eigenvalue weighted by atomic mass is 10.0. The van der Waals surface area contributed by atoms with Gasteiger partial charge in [-0.15, -0.1) is 0 Å². The van der Waals surface area contributed by atoms with Gasteiger partial charge in [-0.3, -0.25) is 9.59 Å². The molecular weight excluding hydrogens is 442 g/mol. The van der Waals surface area contributed by atoms with Crippen LogP contribution >= 0.6 is 0 Å². The number of rotatable bonds is 6. The van der Waals surface area contributed by atoms with E-state index in [4.69, 9.17) is 0 Å². The van der Waals surface area contributed by atoms with Crippen molar-refractivity contribution in [3.8, 4) is 11.5 Å². The molecule has 1 fully saturated rings. The van der Waals surface area contributed by atoms with E-state index in [2.05, 4.69) is 4.74 Å². The Morgan fingerprint density at radius 1 is 0.794 bits per heavy atom. The van der Waals surface area contributed by atoms with Crippen molar-refractivity contribution < 1.29 is 28.2 Å². The maximum Gasteiger partial charge on any atom is 0.387 e. The molecule has 4 rings (SSSR count). The highest BCUT2D eigenvalue weighted by Gasteiger charge is 2.28. The number of phenols is 1. The predicted octanol–water partition coefficient (Wildman–Crippen LogP) is 4.18. The molecule has 1 heterocycles. The molecule has 0 spiro atoms. The Hall–Kier alpha value is -3.94. The average molecular weight is 466 g/mol. The van der Waals surface area contributed by atoms with Gasteiger partial charge in [-0.05, 0) is 41.8 Å². The second-order valence-corrected chi connectivity index (χ2v) is 7.97. The minimum Gasteiger partial charge on any atom is -0.507 e. The SMILES string of the molecule is O=C(c1cc(Cc2ccccc2)ccc1O)N1CCN(C(=O)c2ccccc2OC(F)F)CC1. The normalized spacial score (nSPS) is 13.7. The molecule has 176 valence electrons. The molecule has 0 aliphatic carbocycles. The summed E-state index contributed by atoms with van der Waals surface area (Å²) >= 11 is 0. The molecule has 0 atom stereocenters. The zero-order valence-corrected chi connectivity index (χ0v) is 18.4. The van der Waals surface area contributed by atoms with E-state index in [1.54, 1.807) is 23.1 Å². The molecule has 2 amide bonds. The molecule has 0 aromatic heterocycles. The van der Waals surface area contributed by atoms with Crippen LogP contribution in [0, 0.1) is 0 Å². The quantitative estimate of drug-likeness (QED) is 0.592. The number of para-hydroxylation sites is 1. The molecule has 1 aliphatic rings. The first-order valence-electron chi connectivity index (χ1n) is 10.9. The molecule has 34 heavy (non-hydrogen) atoms. The summed E-state index contributed by atoms with van der Waals surface area (Å²) in [5.41, 5.74) is 2.25. The van der Waals surface area contributed by atoms with E-state index in [9.17, 15) is 23.5 Å². The van der Waals surface area contributed by atoms with Gasteiger partial charge in [0.2, 0.25) is 0 Å². The number of benzene rings is 3. The van der Waals surface area contributed by atoms with Crippen molar-refractivity contribution in [3.05, 3.63) is 95.1 Å². The van der Waals surface area contributed by atoms with Crippen molar-refractivity contribution >= 4 is 11.8 Å². The summed E-state index contributed by atoms with van der Waals surface area (Å²) in [7, 11) is 0. The second kappa shape index (κ2) is 10.3. The number of ether oxygens (including phenoxy) is 1. The highest BCUT2D eigenvalue weighted by Crippen LogP contribution is 2.25. The van der Waals surface area contributed by atoms with E-state index in [1.165, 1.54) is 29.2 Å². The first-order valence-corrected chi connectivity index (χ1v) is 10.9. The van der Waals surface area contributed by atoms with Gasteiger partial charge in [-0.2, -0.15) is 8.78 Å². The lowest BCUT2D eigenvalue weighted by Gasteiger charge is -2.35. The number of alkyl halides is 2. The highest BCUT2D eigenvalue weighted by atomic mass is 19.3. The highest BCUT2D eigenvalue weighted by molar-refractivity contribution is 5.98. The second-order valence-electron chi connectivity index (χ2n) is 7.97. The molecule has 0 radical (unpaired) electrons. The van der Waals surface area contributed by atoms with Crippen molar-refractivity contribution in [2.75, 3.05) is 26.2 Å². The smallest absolute Gasteiger partial charge is 0.387 e. The topological polar surface area (TPSA) is 70.1 Å². The molecule has 0 unspecified atom stereocenters. The van der Waals surface area contributed by atoms with Crippen LogP contribution in [0.2, 0.25) is 0 Å². The van der Waals surface area contributed by atoms with E-state index < -0.39 is 12.5 Å². The molecule has 0 saturated carbocycles. The summed E-state index contributed by atoms with van der Waals surface area (Å²) in [5.74, 6) is -1.03. The van der Waals surface area contributed by atoms with Crippen LogP contribution in [-0.2, 0) is 6.42 Å². The summed E-state index contributed by atoms with van der Waals surface area (Å²) in [6.07, 6.45) is 0.629. The van der Waals surface area contributed by atoms with Gasteiger partial charge in [0.15, 0.2) is 0 Å². The van der Waals surface area contributed by atoms with Crippen LogP contribution in [0.25, 0.3) is 0 Å². The zero-order chi connectivity index (χ0) is 24.1. The van der Waals surface area contributed by atoms with Crippen molar-refractivity contribution in [3.63, 3.8) is 0 Å². The molecule has 1 saturated heterocycles. The lowest BCUT2D eigenvalue weighted by molar-refractivity contribution is -0.0503. The first kappa shape index (κ1) is 23.2. The third kappa shape index (κ3) is 5.33. The van der Waals surface area contributed by atoms with Crippen LogP contribution in [0.4, 0.5) is 8.78 Å². The molecule has 3 aromatic rings. The minimum absolute atomic E-state index is 0.0498. The summed E-state index contributed by atoms with van der Waals surface area (Å²) in [6, 6.07) is 20.7. The molecule has 1 aliphatic heterocycles. The predicted molar refractivity (Wildman–Crippen MR) is 122 cm³/mol. The van der Waals surface area contributed by atoms with Gasteiger partial charge in [0.05, 0.1) is 11.1 Å². The third-order valence-electron chi connectivity index (χ3n) is 5.73. The van der Waals surface area contributed by atoms with Crippen LogP contribution in [0.5, 0.6) is 11.5 Å². The molecule has 6 nitrogen and oxygen atoms in total. The number of carbonyl (C=O) groups excluding carboxylic acids is 2. The van der Waals surface area contributed by atoms with Crippen LogP contribution in [0.3, 0.4) is 0 Å². The maximum absolute atomic E-state index is 13.1. The standard InChI is InChI=1S/C26H24F2N2O4/c27-26(28)34-23-9-5-4-8-20(23)24(32)29-12-14-30(15-13-29)25(33)21-17-19(10-11-22(21)31)16-18-6-2-1-3-7-18/h1-11,17,26,31H,12-16H2. The molecule has 0 bridgehead atoms. The Bertz CT molecular complexity index is 1160. The van der Waals surface area contributed by atoms with Gasteiger partial charge >= 0.3 is 6.61 Å². The van der Waals surface area contributed by atoms with Crippen molar-refractivity contribution in [1.82, 2.24) is 9.80 Å². The molecule has 1 N–H and O–H groups in total. The van der Waals surface area contributed by atoms with Gasteiger partial charge in [-0.1, -0.05) is 48.5 Å². The summed E-state index contributed by atoms with van der Waals surface area (Å²) in [6.45, 7) is -2.06. The van der Waals surface area contributed by atoms with Gasteiger partial charge in [0.1, 0.15) is 11.5 Å². The average Bonchev–Trinajstić information content (AvgIpc) is 2.85. The number of amides is 2. The maximum atomic E-state index is 13.1. The van der Waals surface area contributed by atoms with Gasteiger partial charge in [0.25, 0.3) is 11.8 Å². The van der Waals surface area contributed by atoms with Gasteiger partial charge in [-0.25, -0.2) is 0 Å². The fourth-order valence-corrected chi connectivity index (χ4v) is 3.99. The van der Waals surface area contributed by atoms with Gasteiger partial charge < -0.3 is 19.6 Å². The van der Waals surface area contributed by atoms with E-state index in [0.717, 1.165) is 11.1 Å². The number of halogens is 2. The number of hydrogen-bond donors (Lipinski definition) is 1. The Balaban J connectivity index is 1.42. The summed E-state index contributed by atoms with van der Waals surface area (Å²) in [5, 5.41) is 10.3. The lowest BCUT2D eigenvalue weighted by Crippen LogP contribution is -2.50. The minimum atomic E-state index is -3.03. The molecule has 3 aromatic carbocycles. The van der Waals surface area contributed by atoms with Crippen molar-refractivity contribution in [2.24, 2.45) is 0 Å². The van der Waals surface area contributed by atoms with Crippen molar-refractivity contribution in [1.29, 1.82) is 0 Å². The fourth-order valence-electron chi connectivity index (χ4n) is 3.99. The van der Waals surface area contributed by atoms with Crippen LogP contribution in [0.1, 0.15) is 31.8 Å². The fraction of sp³-hybridized carbons (Fsp3) is 0.231. The monoisotopic (exact) mass is 466 g/mol. The zero-order valence-electron chi connectivity index (χ0n) is 18.4. The number of aromatic hydroxyl groups is 1. The van der Waals surface area contributed by atoms with E-state index in [1.807, 2.05) is 30.3 Å². The number of nitrogens with zero attached hydrogens (tertiary/aromatic N) is 2. The van der Waals surface area contributed by atoms with Gasteiger partial charge in [0, 0.05) is 26.2 Å². The number of piperazine rings is 1. The van der Waals surface area contributed by atoms with Crippen LogP contribution in [0.15, 0.2) is 72.8 Å². The Labute approximate surface area is 196 Å². The number of hydrogen-bond acceptors (Lipinski definition) is 4. The summed E-state index contributed by atoms with van der Waals surface area (Å²) < 4.78 is 29.8.